The van der Waals surface area contributed by atoms with Crippen molar-refractivity contribution < 1.29 is 4.42 Å². The molecule has 0 amide bonds. The second-order valence-corrected chi connectivity index (χ2v) is 15.1. The minimum absolute atomic E-state index is 0.872. The normalized spacial score (nSPS) is 12.5. The van der Waals surface area contributed by atoms with Crippen molar-refractivity contribution in [3.63, 3.8) is 0 Å². The van der Waals surface area contributed by atoms with Crippen LogP contribution in [0.4, 0.5) is 17.1 Å². The molecule has 0 aliphatic heterocycles. The van der Waals surface area contributed by atoms with Gasteiger partial charge in [0.1, 0.15) is 11.2 Å². The third-order valence-corrected chi connectivity index (χ3v) is 11.9. The Morgan fingerprint density at radius 2 is 1.11 bits per heavy atom. The SMILES string of the molecule is CC(=C(C)c1cc2ccc3cccc4c3c2c(c1)n4-c1ccccc1)c1ccc2c(c1)oc1cc(N(c3ccc4ccccc4c3)c3ccccc3C)ccc12. The Bertz CT molecular complexity index is 3340. The first-order valence-electron chi connectivity index (χ1n) is 19.3. The van der Waals surface area contributed by atoms with Gasteiger partial charge < -0.3 is 13.9 Å². The monoisotopic (exact) mass is 718 g/mol. The maximum absolute atomic E-state index is 6.73. The number of aromatic nitrogens is 1. The topological polar surface area (TPSA) is 21.3 Å². The standard InChI is InChI=1S/C53H38N2O/c1-33-12-7-10-18-47(33)54(43-24-22-36-13-8-9-14-39(36)29-43)44-25-27-46-45-26-23-38(31-50(45)56-51(46)32-44)34(2)35(3)41-28-40-21-20-37-15-11-19-48-52(37)53(40)49(30-41)55(48)42-16-5-4-6-17-42/h4-32H,1-3H3. The summed E-state index contributed by atoms with van der Waals surface area (Å²) in [4.78, 5) is 2.34. The zero-order chi connectivity index (χ0) is 37.5. The zero-order valence-electron chi connectivity index (χ0n) is 31.5. The summed E-state index contributed by atoms with van der Waals surface area (Å²) < 4.78 is 9.15. The highest BCUT2D eigenvalue weighted by molar-refractivity contribution is 6.25. The Balaban J connectivity index is 1.02. The van der Waals surface area contributed by atoms with Crippen molar-refractivity contribution in [3.05, 3.63) is 193 Å². The van der Waals surface area contributed by atoms with Crippen molar-refractivity contribution in [3.8, 4) is 5.69 Å². The number of furan rings is 1. The van der Waals surface area contributed by atoms with Crippen molar-refractivity contribution in [1.29, 1.82) is 0 Å². The third-order valence-electron chi connectivity index (χ3n) is 11.9. The molecule has 2 aromatic heterocycles. The maximum atomic E-state index is 6.73. The van der Waals surface area contributed by atoms with Crippen molar-refractivity contribution in [1.82, 2.24) is 4.57 Å². The van der Waals surface area contributed by atoms with E-state index >= 15 is 0 Å². The summed E-state index contributed by atoms with van der Waals surface area (Å²) in [5.74, 6) is 0. The largest absolute Gasteiger partial charge is 0.456 e. The molecule has 0 fully saturated rings. The molecule has 9 aromatic carbocycles. The number of hydrogen-bond acceptors (Lipinski definition) is 2. The first-order valence-corrected chi connectivity index (χ1v) is 19.3. The van der Waals surface area contributed by atoms with E-state index in [0.717, 1.165) is 44.6 Å². The van der Waals surface area contributed by atoms with Gasteiger partial charge in [0.2, 0.25) is 0 Å². The molecule has 0 radical (unpaired) electrons. The summed E-state index contributed by atoms with van der Waals surface area (Å²) in [5.41, 5.74) is 14.8. The number of anilines is 3. The quantitative estimate of drug-likeness (QED) is 0.126. The smallest absolute Gasteiger partial charge is 0.137 e. The molecule has 11 rings (SSSR count). The van der Waals surface area contributed by atoms with Gasteiger partial charge in [0.25, 0.3) is 0 Å². The predicted octanol–water partition coefficient (Wildman–Crippen LogP) is 15.2. The minimum Gasteiger partial charge on any atom is -0.456 e. The van der Waals surface area contributed by atoms with Crippen LogP contribution in [0.1, 0.15) is 30.5 Å². The number of para-hydroxylation sites is 2. The molecule has 0 unspecified atom stereocenters. The molecule has 0 spiro atoms. The van der Waals surface area contributed by atoms with E-state index in [0.29, 0.717) is 0 Å². The molecule has 0 saturated carbocycles. The van der Waals surface area contributed by atoms with Gasteiger partial charge in [0.05, 0.1) is 11.0 Å². The van der Waals surface area contributed by atoms with Crippen LogP contribution >= 0.6 is 0 Å². The molecular weight excluding hydrogens is 681 g/mol. The zero-order valence-corrected chi connectivity index (χ0v) is 31.5. The molecule has 3 heteroatoms. The Kier molecular flexibility index (Phi) is 7.20. The van der Waals surface area contributed by atoms with Gasteiger partial charge in [-0.25, -0.2) is 0 Å². The highest BCUT2D eigenvalue weighted by Crippen LogP contribution is 2.43. The Morgan fingerprint density at radius 3 is 1.96 bits per heavy atom. The fourth-order valence-electron chi connectivity index (χ4n) is 8.89. The van der Waals surface area contributed by atoms with Gasteiger partial charge in [0, 0.05) is 50.4 Å². The number of rotatable bonds is 6. The fraction of sp³-hybridized carbons (Fsp3) is 0.0566. The van der Waals surface area contributed by atoms with Crippen LogP contribution < -0.4 is 4.90 Å². The summed E-state index contributed by atoms with van der Waals surface area (Å²) in [6.07, 6.45) is 0. The molecule has 3 nitrogen and oxygen atoms in total. The van der Waals surface area contributed by atoms with E-state index in [4.69, 9.17) is 4.42 Å². The molecule has 266 valence electrons. The Labute approximate surface area is 325 Å². The number of aryl methyl sites for hydroxylation is 1. The van der Waals surface area contributed by atoms with E-state index in [-0.39, 0.29) is 0 Å². The molecule has 2 heterocycles. The second kappa shape index (κ2) is 12.5. The highest BCUT2D eigenvalue weighted by Gasteiger charge is 2.20. The highest BCUT2D eigenvalue weighted by atomic mass is 16.3. The average Bonchev–Trinajstić information content (AvgIpc) is 3.79. The van der Waals surface area contributed by atoms with Crippen molar-refractivity contribution in [2.45, 2.75) is 20.8 Å². The predicted molar refractivity (Wildman–Crippen MR) is 238 cm³/mol. The molecule has 0 aliphatic rings. The Morgan fingerprint density at radius 1 is 0.464 bits per heavy atom. The van der Waals surface area contributed by atoms with Crippen LogP contribution in [0, 0.1) is 6.92 Å². The van der Waals surface area contributed by atoms with Gasteiger partial charge in [-0.05, 0) is 143 Å². The van der Waals surface area contributed by atoms with E-state index in [1.165, 1.54) is 71.3 Å². The maximum Gasteiger partial charge on any atom is 0.137 e. The minimum atomic E-state index is 0.872. The second-order valence-electron chi connectivity index (χ2n) is 15.1. The molecule has 0 saturated heterocycles. The number of hydrogen-bond donors (Lipinski definition) is 0. The number of nitrogens with zero attached hydrogens (tertiary/aromatic N) is 2. The van der Waals surface area contributed by atoms with Crippen LogP contribution in [0.3, 0.4) is 0 Å². The third kappa shape index (κ3) is 4.98. The van der Waals surface area contributed by atoms with Crippen molar-refractivity contribution in [2.75, 3.05) is 4.90 Å². The first kappa shape index (κ1) is 32.3. The van der Waals surface area contributed by atoms with Crippen LogP contribution in [0.15, 0.2) is 180 Å². The summed E-state index contributed by atoms with van der Waals surface area (Å²) in [6.45, 7) is 6.65. The number of allylic oxidation sites excluding steroid dienone is 2. The molecule has 11 aromatic rings. The summed E-state index contributed by atoms with van der Waals surface area (Å²) in [5, 5.41) is 9.85. The lowest BCUT2D eigenvalue weighted by Gasteiger charge is -2.27. The fourth-order valence-corrected chi connectivity index (χ4v) is 8.89. The van der Waals surface area contributed by atoms with E-state index < -0.39 is 0 Å². The number of benzene rings is 9. The van der Waals surface area contributed by atoms with Gasteiger partial charge in [0.15, 0.2) is 0 Å². The van der Waals surface area contributed by atoms with Gasteiger partial charge in [-0.2, -0.15) is 0 Å². The average molecular weight is 719 g/mol. The van der Waals surface area contributed by atoms with Crippen LogP contribution in [-0.2, 0) is 0 Å². The van der Waals surface area contributed by atoms with E-state index in [1.54, 1.807) is 0 Å². The molecule has 0 bridgehead atoms. The van der Waals surface area contributed by atoms with Crippen LogP contribution in [0.5, 0.6) is 0 Å². The molecule has 56 heavy (non-hydrogen) atoms. The van der Waals surface area contributed by atoms with Gasteiger partial charge in [-0.1, -0.05) is 97.1 Å². The lowest BCUT2D eigenvalue weighted by Crippen LogP contribution is -2.11. The van der Waals surface area contributed by atoms with E-state index in [1.807, 2.05) is 0 Å². The van der Waals surface area contributed by atoms with Gasteiger partial charge >= 0.3 is 0 Å². The van der Waals surface area contributed by atoms with E-state index in [2.05, 4.69) is 206 Å². The van der Waals surface area contributed by atoms with Crippen molar-refractivity contribution in [2.24, 2.45) is 0 Å². The molecule has 0 N–H and O–H groups in total. The van der Waals surface area contributed by atoms with Gasteiger partial charge in [-0.15, -0.1) is 0 Å². The summed E-state index contributed by atoms with van der Waals surface area (Å²) in [6, 6.07) is 63.7. The van der Waals surface area contributed by atoms with Crippen LogP contribution in [0.25, 0.3) is 82.1 Å². The lowest BCUT2D eigenvalue weighted by molar-refractivity contribution is 0.669. The summed E-state index contributed by atoms with van der Waals surface area (Å²) >= 11 is 0. The molecular formula is C53H38N2O. The number of fused-ring (bicyclic) bond motifs is 4. The van der Waals surface area contributed by atoms with Gasteiger partial charge in [-0.3, -0.25) is 0 Å². The summed E-state index contributed by atoms with van der Waals surface area (Å²) in [7, 11) is 0. The van der Waals surface area contributed by atoms with E-state index in [9.17, 15) is 0 Å². The molecule has 0 atom stereocenters. The molecule has 0 aliphatic carbocycles. The van der Waals surface area contributed by atoms with Crippen LogP contribution in [-0.4, -0.2) is 4.57 Å². The Hall–Kier alpha value is -7.10. The van der Waals surface area contributed by atoms with Crippen molar-refractivity contribution >= 4 is 93.5 Å². The first-order chi connectivity index (χ1) is 27.5. The van der Waals surface area contributed by atoms with Crippen LogP contribution in [0.2, 0.25) is 0 Å². The lowest BCUT2D eigenvalue weighted by atomic mass is 9.93.